The number of hydrogen-bond donors (Lipinski definition) is 3. The average molecular weight is 294 g/mol. The molecule has 0 unspecified atom stereocenters. The van der Waals surface area contributed by atoms with Gasteiger partial charge in [-0.3, -0.25) is 4.79 Å². The lowest BCUT2D eigenvalue weighted by Crippen LogP contribution is -2.24. The number of carbonyl (C=O) groups excluding carboxylic acids is 1. The largest absolute Gasteiger partial charge is 0.399 e. The van der Waals surface area contributed by atoms with Crippen LogP contribution in [0, 0.1) is 0 Å². The smallest absolute Gasteiger partial charge is 0.251 e. The molecule has 1 heterocycles. The predicted molar refractivity (Wildman–Crippen MR) is 87.6 cm³/mol. The molecule has 0 atom stereocenters. The maximum absolute atomic E-state index is 11.9. The van der Waals surface area contributed by atoms with Crippen molar-refractivity contribution >= 4 is 22.6 Å². The molecule has 0 radical (unpaired) electrons. The number of H-pyrrole nitrogens is 1. The Morgan fingerprint density at radius 3 is 2.68 bits per heavy atom. The number of amides is 1. The second-order valence-electron chi connectivity index (χ2n) is 5.18. The first kappa shape index (κ1) is 14.1. The third kappa shape index (κ3) is 3.25. The second kappa shape index (κ2) is 6.30. The third-order valence-electron chi connectivity index (χ3n) is 3.49. The first-order chi connectivity index (χ1) is 10.7. The Morgan fingerprint density at radius 2 is 1.91 bits per heavy atom. The number of hydrogen-bond acceptors (Lipinski definition) is 3. The number of nitrogens with two attached hydrogens (primary N) is 1. The number of imidazole rings is 1. The molecule has 3 rings (SSSR count). The van der Waals surface area contributed by atoms with Gasteiger partial charge in [0.15, 0.2) is 0 Å². The van der Waals surface area contributed by atoms with E-state index in [4.69, 9.17) is 5.73 Å². The minimum Gasteiger partial charge on any atom is -0.399 e. The fourth-order valence-corrected chi connectivity index (χ4v) is 2.32. The van der Waals surface area contributed by atoms with Gasteiger partial charge in [-0.25, -0.2) is 4.98 Å². The van der Waals surface area contributed by atoms with E-state index >= 15 is 0 Å². The second-order valence-corrected chi connectivity index (χ2v) is 5.18. The van der Waals surface area contributed by atoms with E-state index in [0.717, 1.165) is 29.7 Å². The summed E-state index contributed by atoms with van der Waals surface area (Å²) < 4.78 is 0. The van der Waals surface area contributed by atoms with E-state index in [1.807, 2.05) is 24.3 Å². The molecule has 0 saturated heterocycles. The van der Waals surface area contributed by atoms with Crippen molar-refractivity contribution in [3.05, 3.63) is 59.9 Å². The highest BCUT2D eigenvalue weighted by atomic mass is 16.1. The normalized spacial score (nSPS) is 10.7. The first-order valence-corrected chi connectivity index (χ1v) is 7.30. The fourth-order valence-electron chi connectivity index (χ4n) is 2.32. The molecule has 22 heavy (non-hydrogen) atoms. The van der Waals surface area contributed by atoms with E-state index in [1.165, 1.54) is 0 Å². The summed E-state index contributed by atoms with van der Waals surface area (Å²) in [5.74, 6) is 0.868. The number of nitrogens with one attached hydrogen (secondary N) is 2. The highest BCUT2D eigenvalue weighted by Crippen LogP contribution is 2.11. The summed E-state index contributed by atoms with van der Waals surface area (Å²) in [5, 5.41) is 2.90. The summed E-state index contributed by atoms with van der Waals surface area (Å²) in [5.41, 5.74) is 8.90. The van der Waals surface area contributed by atoms with Gasteiger partial charge in [0.25, 0.3) is 5.91 Å². The number of aryl methyl sites for hydroxylation is 1. The summed E-state index contributed by atoms with van der Waals surface area (Å²) in [6.45, 7) is 0.611. The Balaban J connectivity index is 1.49. The van der Waals surface area contributed by atoms with Crippen molar-refractivity contribution in [2.24, 2.45) is 0 Å². The highest BCUT2D eigenvalue weighted by Gasteiger charge is 2.05. The van der Waals surface area contributed by atoms with Gasteiger partial charge < -0.3 is 16.0 Å². The highest BCUT2D eigenvalue weighted by molar-refractivity contribution is 5.94. The average Bonchev–Trinajstić information content (AvgIpc) is 2.95. The lowest BCUT2D eigenvalue weighted by Gasteiger charge is -2.04. The zero-order valence-electron chi connectivity index (χ0n) is 12.2. The van der Waals surface area contributed by atoms with Crippen LogP contribution in [0.2, 0.25) is 0 Å². The van der Waals surface area contributed by atoms with Crippen molar-refractivity contribution in [3.63, 3.8) is 0 Å². The fraction of sp³-hybridized carbons (Fsp3) is 0.176. The van der Waals surface area contributed by atoms with Gasteiger partial charge in [-0.2, -0.15) is 0 Å². The molecule has 112 valence electrons. The Morgan fingerprint density at radius 1 is 1.14 bits per heavy atom. The van der Waals surface area contributed by atoms with E-state index in [-0.39, 0.29) is 5.91 Å². The van der Waals surface area contributed by atoms with Crippen LogP contribution in [0.25, 0.3) is 11.0 Å². The van der Waals surface area contributed by atoms with Gasteiger partial charge in [0.05, 0.1) is 11.0 Å². The van der Waals surface area contributed by atoms with Gasteiger partial charge in [-0.05, 0) is 42.8 Å². The Labute approximate surface area is 128 Å². The van der Waals surface area contributed by atoms with Crippen LogP contribution in [-0.2, 0) is 6.42 Å². The van der Waals surface area contributed by atoms with Crippen LogP contribution >= 0.6 is 0 Å². The maximum Gasteiger partial charge on any atom is 0.251 e. The van der Waals surface area contributed by atoms with Gasteiger partial charge in [0.2, 0.25) is 0 Å². The number of aromatic nitrogens is 2. The minimum atomic E-state index is -0.0791. The number of carbonyl (C=O) groups is 1. The number of rotatable bonds is 5. The van der Waals surface area contributed by atoms with Crippen LogP contribution in [0.3, 0.4) is 0 Å². The zero-order chi connectivity index (χ0) is 15.4. The number of anilines is 1. The molecular formula is C17H18N4O. The number of benzene rings is 2. The molecule has 5 nitrogen and oxygen atoms in total. The molecule has 0 aliphatic carbocycles. The van der Waals surface area contributed by atoms with Crippen LogP contribution in [0.5, 0.6) is 0 Å². The molecular weight excluding hydrogens is 276 g/mol. The Hall–Kier alpha value is -2.82. The van der Waals surface area contributed by atoms with Gasteiger partial charge in [-0.15, -0.1) is 0 Å². The van der Waals surface area contributed by atoms with E-state index in [1.54, 1.807) is 24.3 Å². The molecule has 2 aromatic carbocycles. The Kier molecular flexibility index (Phi) is 4.05. The molecule has 0 saturated carbocycles. The molecule has 3 aromatic rings. The lowest BCUT2D eigenvalue weighted by molar-refractivity contribution is 0.0953. The summed E-state index contributed by atoms with van der Waals surface area (Å²) in [4.78, 5) is 19.7. The number of nitrogens with zero attached hydrogens (tertiary/aromatic N) is 1. The molecule has 4 N–H and O–H groups in total. The SMILES string of the molecule is Nc1ccc(C(=O)NCCCc2nc3ccccc3[nH]2)cc1. The van der Waals surface area contributed by atoms with E-state index in [2.05, 4.69) is 15.3 Å². The van der Waals surface area contributed by atoms with Crippen molar-refractivity contribution in [2.45, 2.75) is 12.8 Å². The summed E-state index contributed by atoms with van der Waals surface area (Å²) in [6, 6.07) is 14.9. The van der Waals surface area contributed by atoms with Crippen molar-refractivity contribution in [3.8, 4) is 0 Å². The Bertz CT molecular complexity index is 744. The zero-order valence-corrected chi connectivity index (χ0v) is 12.2. The molecule has 0 aliphatic heterocycles. The van der Waals surface area contributed by atoms with Crippen molar-refractivity contribution in [2.75, 3.05) is 12.3 Å². The lowest BCUT2D eigenvalue weighted by atomic mass is 10.2. The predicted octanol–water partition coefficient (Wildman–Crippen LogP) is 2.51. The van der Waals surface area contributed by atoms with Crippen LogP contribution in [0.15, 0.2) is 48.5 Å². The van der Waals surface area contributed by atoms with Gasteiger partial charge in [-0.1, -0.05) is 12.1 Å². The molecule has 0 bridgehead atoms. The van der Waals surface area contributed by atoms with Gasteiger partial charge >= 0.3 is 0 Å². The van der Waals surface area contributed by atoms with E-state index in [9.17, 15) is 4.79 Å². The van der Waals surface area contributed by atoms with Crippen LogP contribution in [0.1, 0.15) is 22.6 Å². The quantitative estimate of drug-likeness (QED) is 0.499. The molecule has 1 aromatic heterocycles. The van der Waals surface area contributed by atoms with Gasteiger partial charge in [0, 0.05) is 24.2 Å². The van der Waals surface area contributed by atoms with Crippen molar-refractivity contribution in [1.29, 1.82) is 0 Å². The first-order valence-electron chi connectivity index (χ1n) is 7.30. The van der Waals surface area contributed by atoms with Crippen molar-refractivity contribution in [1.82, 2.24) is 15.3 Å². The number of fused-ring (bicyclic) bond motifs is 1. The summed E-state index contributed by atoms with van der Waals surface area (Å²) >= 11 is 0. The third-order valence-corrected chi connectivity index (χ3v) is 3.49. The number of nitrogen functional groups attached to an aromatic ring is 1. The van der Waals surface area contributed by atoms with Crippen LogP contribution < -0.4 is 11.1 Å². The van der Waals surface area contributed by atoms with Gasteiger partial charge in [0.1, 0.15) is 5.82 Å². The maximum atomic E-state index is 11.9. The number of para-hydroxylation sites is 2. The van der Waals surface area contributed by atoms with Crippen LogP contribution in [0.4, 0.5) is 5.69 Å². The summed E-state index contributed by atoms with van der Waals surface area (Å²) in [7, 11) is 0. The van der Waals surface area contributed by atoms with E-state index < -0.39 is 0 Å². The van der Waals surface area contributed by atoms with Crippen LogP contribution in [-0.4, -0.2) is 22.4 Å². The molecule has 0 aliphatic rings. The van der Waals surface area contributed by atoms with Crippen molar-refractivity contribution < 1.29 is 4.79 Å². The molecule has 1 amide bonds. The topological polar surface area (TPSA) is 83.8 Å². The number of aromatic amines is 1. The monoisotopic (exact) mass is 294 g/mol. The molecule has 0 spiro atoms. The van der Waals surface area contributed by atoms with E-state index in [0.29, 0.717) is 17.8 Å². The molecule has 5 heteroatoms. The summed E-state index contributed by atoms with van der Waals surface area (Å²) in [6.07, 6.45) is 1.64. The minimum absolute atomic E-state index is 0.0791. The molecule has 0 fully saturated rings. The standard InChI is InChI=1S/C17H18N4O/c18-13-9-7-12(8-10-13)17(22)19-11-3-6-16-20-14-4-1-2-5-15(14)21-16/h1-2,4-5,7-10H,3,6,11,18H2,(H,19,22)(H,20,21).